The van der Waals surface area contributed by atoms with Crippen molar-refractivity contribution in [2.75, 3.05) is 0 Å². The number of carbonyl (C=O) groups is 3. The van der Waals surface area contributed by atoms with Gasteiger partial charge in [0.05, 0.1) is 6.04 Å². The molecule has 0 aliphatic rings. The molecule has 0 aliphatic carbocycles. The molecule has 3 amide bonds. The maximum Gasteiger partial charge on any atom is 0.240 e. The van der Waals surface area contributed by atoms with E-state index in [4.69, 9.17) is 5.73 Å². The quantitative estimate of drug-likeness (QED) is 0.640. The predicted molar refractivity (Wildman–Crippen MR) is 92.8 cm³/mol. The molecule has 0 aromatic heterocycles. The standard InChI is InChI=1S/C18H27N3O3/c1-4-12(2)17(18(19)24)21-16(23)11-10-15(22)20-13(3)14-8-6-5-7-9-14/h5-9,12-13,17H,4,10-11H2,1-3H3,(H2,19,24)(H,20,22)(H,21,23)/t12-,13-,17+/m1/s1. The molecule has 0 aliphatic heterocycles. The average molecular weight is 333 g/mol. The summed E-state index contributed by atoms with van der Waals surface area (Å²) in [5.74, 6) is -1.15. The molecule has 132 valence electrons. The van der Waals surface area contributed by atoms with Gasteiger partial charge in [0.25, 0.3) is 0 Å². The van der Waals surface area contributed by atoms with Crippen molar-refractivity contribution >= 4 is 17.7 Å². The second kappa shape index (κ2) is 9.70. The molecule has 1 rings (SSSR count). The Hall–Kier alpha value is -2.37. The summed E-state index contributed by atoms with van der Waals surface area (Å²) in [7, 11) is 0. The maximum atomic E-state index is 12.0. The topological polar surface area (TPSA) is 101 Å². The van der Waals surface area contributed by atoms with Crippen LogP contribution >= 0.6 is 0 Å². The molecule has 0 unspecified atom stereocenters. The molecular weight excluding hydrogens is 306 g/mol. The van der Waals surface area contributed by atoms with E-state index in [1.807, 2.05) is 51.1 Å². The third-order valence-electron chi connectivity index (χ3n) is 4.09. The molecule has 3 atom stereocenters. The molecule has 6 nitrogen and oxygen atoms in total. The highest BCUT2D eigenvalue weighted by molar-refractivity contribution is 5.88. The highest BCUT2D eigenvalue weighted by Crippen LogP contribution is 2.11. The summed E-state index contributed by atoms with van der Waals surface area (Å²) in [6.07, 6.45) is 0.811. The minimum absolute atomic E-state index is 0.0214. The lowest BCUT2D eigenvalue weighted by Gasteiger charge is -2.21. The van der Waals surface area contributed by atoms with E-state index in [0.717, 1.165) is 12.0 Å². The molecule has 0 spiro atoms. The van der Waals surface area contributed by atoms with E-state index in [-0.39, 0.29) is 36.6 Å². The Labute approximate surface area is 143 Å². The summed E-state index contributed by atoms with van der Waals surface area (Å²) in [6, 6.07) is 8.76. The number of benzene rings is 1. The molecule has 0 bridgehead atoms. The summed E-state index contributed by atoms with van der Waals surface area (Å²) >= 11 is 0. The summed E-state index contributed by atoms with van der Waals surface area (Å²) < 4.78 is 0. The van der Waals surface area contributed by atoms with Crippen LogP contribution in [0.5, 0.6) is 0 Å². The van der Waals surface area contributed by atoms with Crippen LogP contribution < -0.4 is 16.4 Å². The zero-order chi connectivity index (χ0) is 18.1. The molecule has 4 N–H and O–H groups in total. The second-order valence-electron chi connectivity index (χ2n) is 6.03. The van der Waals surface area contributed by atoms with E-state index < -0.39 is 11.9 Å². The summed E-state index contributed by atoms with van der Waals surface area (Å²) in [6.45, 7) is 5.66. The van der Waals surface area contributed by atoms with E-state index in [2.05, 4.69) is 10.6 Å². The highest BCUT2D eigenvalue weighted by Gasteiger charge is 2.23. The monoisotopic (exact) mass is 333 g/mol. The molecule has 0 heterocycles. The number of rotatable bonds is 9. The SMILES string of the molecule is CC[C@@H](C)[C@H](NC(=O)CCC(=O)N[C@H](C)c1ccccc1)C(N)=O. The van der Waals surface area contributed by atoms with Crippen LogP contribution in [-0.4, -0.2) is 23.8 Å². The summed E-state index contributed by atoms with van der Waals surface area (Å²) in [5.41, 5.74) is 6.32. The third-order valence-corrected chi connectivity index (χ3v) is 4.09. The molecule has 24 heavy (non-hydrogen) atoms. The highest BCUT2D eigenvalue weighted by atomic mass is 16.2. The molecule has 1 aromatic rings. The van der Waals surface area contributed by atoms with Crippen LogP contribution in [0.3, 0.4) is 0 Å². The van der Waals surface area contributed by atoms with Gasteiger partial charge in [-0.3, -0.25) is 14.4 Å². The molecular formula is C18H27N3O3. The number of nitrogens with two attached hydrogens (primary N) is 1. The Morgan fingerprint density at radius 1 is 1.00 bits per heavy atom. The summed E-state index contributed by atoms with van der Waals surface area (Å²) in [5, 5.41) is 5.47. The fraction of sp³-hybridized carbons (Fsp3) is 0.500. The van der Waals surface area contributed by atoms with Crippen molar-refractivity contribution in [1.29, 1.82) is 0 Å². The smallest absolute Gasteiger partial charge is 0.240 e. The van der Waals surface area contributed by atoms with Gasteiger partial charge in [0.15, 0.2) is 0 Å². The van der Waals surface area contributed by atoms with Gasteiger partial charge in [-0.25, -0.2) is 0 Å². The van der Waals surface area contributed by atoms with Crippen LogP contribution in [0.4, 0.5) is 0 Å². The molecule has 0 saturated carbocycles. The third kappa shape index (κ3) is 6.40. The van der Waals surface area contributed by atoms with Crippen molar-refractivity contribution < 1.29 is 14.4 Å². The number of carbonyl (C=O) groups excluding carboxylic acids is 3. The van der Waals surface area contributed by atoms with Gasteiger partial charge in [0.1, 0.15) is 6.04 Å². The first-order valence-electron chi connectivity index (χ1n) is 8.28. The van der Waals surface area contributed by atoms with Crippen molar-refractivity contribution in [1.82, 2.24) is 10.6 Å². The van der Waals surface area contributed by atoms with Gasteiger partial charge >= 0.3 is 0 Å². The Morgan fingerprint density at radius 3 is 2.04 bits per heavy atom. The number of hydrogen-bond acceptors (Lipinski definition) is 3. The molecule has 0 radical (unpaired) electrons. The zero-order valence-corrected chi connectivity index (χ0v) is 14.5. The lowest BCUT2D eigenvalue weighted by molar-refractivity contribution is -0.130. The fourth-order valence-corrected chi connectivity index (χ4v) is 2.34. The molecule has 1 aromatic carbocycles. The second-order valence-corrected chi connectivity index (χ2v) is 6.03. The van der Waals surface area contributed by atoms with Crippen LogP contribution in [0.2, 0.25) is 0 Å². The van der Waals surface area contributed by atoms with Gasteiger partial charge in [-0.15, -0.1) is 0 Å². The van der Waals surface area contributed by atoms with E-state index >= 15 is 0 Å². The van der Waals surface area contributed by atoms with Crippen molar-refractivity contribution in [3.05, 3.63) is 35.9 Å². The van der Waals surface area contributed by atoms with Crippen LogP contribution in [0.15, 0.2) is 30.3 Å². The average Bonchev–Trinajstić information content (AvgIpc) is 2.57. The van der Waals surface area contributed by atoms with Gasteiger partial charge in [0, 0.05) is 12.8 Å². The van der Waals surface area contributed by atoms with E-state index in [1.165, 1.54) is 0 Å². The molecule has 0 saturated heterocycles. The van der Waals surface area contributed by atoms with Crippen LogP contribution in [-0.2, 0) is 14.4 Å². The lowest BCUT2D eigenvalue weighted by atomic mass is 9.98. The van der Waals surface area contributed by atoms with E-state index in [9.17, 15) is 14.4 Å². The fourth-order valence-electron chi connectivity index (χ4n) is 2.34. The number of primary amides is 1. The van der Waals surface area contributed by atoms with Crippen LogP contribution in [0, 0.1) is 5.92 Å². The molecule has 0 fully saturated rings. The van der Waals surface area contributed by atoms with Gasteiger partial charge in [-0.2, -0.15) is 0 Å². The first-order chi connectivity index (χ1) is 11.3. The van der Waals surface area contributed by atoms with Crippen molar-refractivity contribution in [2.24, 2.45) is 11.7 Å². The molecule has 6 heteroatoms. The van der Waals surface area contributed by atoms with Crippen molar-refractivity contribution in [2.45, 2.75) is 52.1 Å². The van der Waals surface area contributed by atoms with Gasteiger partial charge in [-0.05, 0) is 18.4 Å². The predicted octanol–water partition coefficient (Wildman–Crippen LogP) is 1.66. The van der Waals surface area contributed by atoms with Gasteiger partial charge < -0.3 is 16.4 Å². The van der Waals surface area contributed by atoms with Gasteiger partial charge in [-0.1, -0.05) is 50.6 Å². The van der Waals surface area contributed by atoms with E-state index in [0.29, 0.717) is 0 Å². The zero-order valence-electron chi connectivity index (χ0n) is 14.5. The van der Waals surface area contributed by atoms with Crippen molar-refractivity contribution in [3.63, 3.8) is 0 Å². The Morgan fingerprint density at radius 2 is 1.54 bits per heavy atom. The number of nitrogens with one attached hydrogen (secondary N) is 2. The Bertz CT molecular complexity index is 560. The Kier molecular flexibility index (Phi) is 7.95. The minimum atomic E-state index is -0.700. The number of amides is 3. The lowest BCUT2D eigenvalue weighted by Crippen LogP contribution is -2.48. The van der Waals surface area contributed by atoms with Crippen LogP contribution in [0.25, 0.3) is 0 Å². The Balaban J connectivity index is 2.43. The number of hydrogen-bond donors (Lipinski definition) is 3. The minimum Gasteiger partial charge on any atom is -0.368 e. The first kappa shape index (κ1) is 19.7. The summed E-state index contributed by atoms with van der Waals surface area (Å²) in [4.78, 5) is 35.3. The first-order valence-corrected chi connectivity index (χ1v) is 8.28. The normalized spacial score (nSPS) is 14.3. The van der Waals surface area contributed by atoms with E-state index in [1.54, 1.807) is 0 Å². The maximum absolute atomic E-state index is 12.0. The van der Waals surface area contributed by atoms with Gasteiger partial charge in [0.2, 0.25) is 17.7 Å². The largest absolute Gasteiger partial charge is 0.368 e. The van der Waals surface area contributed by atoms with Crippen molar-refractivity contribution in [3.8, 4) is 0 Å². The van der Waals surface area contributed by atoms with Crippen LogP contribution in [0.1, 0.15) is 51.6 Å².